The number of alkyl halides is 3. The standard InChI is InChI=1S/C23H25F3N2O5/c1-13-9-17(28-21(31)33-22(2,3)4)18(11-16(13)23(24,25)26)27-20(30)12-19(29)14-7-6-8-15(10-14)32-5/h6-11H,12H2,1-5H3,(H,27,30)(H,28,31). The Morgan fingerprint density at radius 3 is 2.18 bits per heavy atom. The van der Waals surface area contributed by atoms with Crippen molar-refractivity contribution in [2.45, 2.75) is 45.9 Å². The number of ether oxygens (including phenoxy) is 2. The maximum Gasteiger partial charge on any atom is 0.416 e. The van der Waals surface area contributed by atoms with Crippen molar-refractivity contribution in [1.29, 1.82) is 0 Å². The number of ketones is 1. The Bertz CT molecular complexity index is 1060. The zero-order chi connectivity index (χ0) is 25.0. The number of methoxy groups -OCH3 is 1. The molecule has 0 heterocycles. The number of nitrogens with one attached hydrogen (secondary N) is 2. The lowest BCUT2D eigenvalue weighted by atomic mass is 10.0. The first-order chi connectivity index (χ1) is 15.2. The summed E-state index contributed by atoms with van der Waals surface area (Å²) in [5.41, 5.74) is -2.22. The molecule has 0 bridgehead atoms. The lowest BCUT2D eigenvalue weighted by Crippen LogP contribution is -2.28. The second-order valence-corrected chi connectivity index (χ2v) is 8.22. The third kappa shape index (κ3) is 7.51. The lowest BCUT2D eigenvalue weighted by molar-refractivity contribution is -0.138. The normalized spacial score (nSPS) is 11.5. The Kier molecular flexibility index (Phi) is 7.73. The molecule has 2 aromatic carbocycles. The van der Waals surface area contributed by atoms with E-state index in [4.69, 9.17) is 9.47 Å². The number of rotatable bonds is 6. The highest BCUT2D eigenvalue weighted by molar-refractivity contribution is 6.12. The molecular formula is C23H25F3N2O5. The zero-order valence-corrected chi connectivity index (χ0v) is 18.8. The van der Waals surface area contributed by atoms with Gasteiger partial charge in [0, 0.05) is 5.56 Å². The summed E-state index contributed by atoms with van der Waals surface area (Å²) < 4.78 is 50.4. The quantitative estimate of drug-likeness (QED) is 0.428. The van der Waals surface area contributed by atoms with Crippen LogP contribution in [0.3, 0.4) is 0 Å². The zero-order valence-electron chi connectivity index (χ0n) is 18.8. The monoisotopic (exact) mass is 466 g/mol. The summed E-state index contributed by atoms with van der Waals surface area (Å²) in [6, 6.07) is 7.90. The SMILES string of the molecule is COc1cccc(C(=O)CC(=O)Nc2cc(C(F)(F)F)c(C)cc2NC(=O)OC(C)(C)C)c1. The number of aryl methyl sites for hydroxylation is 1. The molecule has 0 aliphatic heterocycles. The van der Waals surface area contributed by atoms with Gasteiger partial charge in [0.1, 0.15) is 11.4 Å². The molecule has 0 atom stereocenters. The molecule has 178 valence electrons. The fraction of sp³-hybridized carbons (Fsp3) is 0.348. The molecule has 0 aliphatic rings. The molecule has 0 aromatic heterocycles. The summed E-state index contributed by atoms with van der Waals surface area (Å²) in [6.45, 7) is 6.09. The number of carbonyl (C=O) groups excluding carboxylic acids is 3. The summed E-state index contributed by atoms with van der Waals surface area (Å²) in [6.07, 6.45) is -6.23. The molecule has 0 saturated carbocycles. The highest BCUT2D eigenvalue weighted by Gasteiger charge is 2.34. The van der Waals surface area contributed by atoms with Crippen LogP contribution in [0.5, 0.6) is 5.75 Å². The molecular weight excluding hydrogens is 441 g/mol. The van der Waals surface area contributed by atoms with Crippen LogP contribution in [0.1, 0.15) is 48.7 Å². The highest BCUT2D eigenvalue weighted by atomic mass is 19.4. The summed E-state index contributed by atoms with van der Waals surface area (Å²) in [7, 11) is 1.42. The van der Waals surface area contributed by atoms with Crippen molar-refractivity contribution in [3.63, 3.8) is 0 Å². The van der Waals surface area contributed by atoms with Crippen LogP contribution < -0.4 is 15.4 Å². The van der Waals surface area contributed by atoms with Crippen molar-refractivity contribution in [2.75, 3.05) is 17.7 Å². The molecule has 7 nitrogen and oxygen atoms in total. The number of hydrogen-bond acceptors (Lipinski definition) is 5. The number of carbonyl (C=O) groups is 3. The Balaban J connectivity index is 2.30. The van der Waals surface area contributed by atoms with Crippen molar-refractivity contribution in [2.24, 2.45) is 0 Å². The third-order valence-electron chi connectivity index (χ3n) is 4.29. The first-order valence-electron chi connectivity index (χ1n) is 9.88. The van der Waals surface area contributed by atoms with Gasteiger partial charge in [0.15, 0.2) is 5.78 Å². The number of benzene rings is 2. The van der Waals surface area contributed by atoms with Crippen LogP contribution in [-0.2, 0) is 15.7 Å². The van der Waals surface area contributed by atoms with Crippen molar-refractivity contribution in [3.05, 3.63) is 53.1 Å². The minimum atomic E-state index is -4.69. The van der Waals surface area contributed by atoms with Crippen LogP contribution >= 0.6 is 0 Å². The number of anilines is 2. The van der Waals surface area contributed by atoms with Crippen LogP contribution in [0.15, 0.2) is 36.4 Å². The van der Waals surface area contributed by atoms with Gasteiger partial charge in [-0.1, -0.05) is 12.1 Å². The molecule has 2 rings (SSSR count). The summed E-state index contributed by atoms with van der Waals surface area (Å²) in [5, 5.41) is 4.63. The van der Waals surface area contributed by atoms with Crippen LogP contribution in [-0.4, -0.2) is 30.5 Å². The predicted octanol–water partition coefficient (Wildman–Crippen LogP) is 5.58. The Morgan fingerprint density at radius 2 is 1.61 bits per heavy atom. The Hall–Kier alpha value is -3.56. The molecule has 2 amide bonds. The number of amides is 2. The average Bonchev–Trinajstić information content (AvgIpc) is 2.67. The molecule has 0 spiro atoms. The Labute approximate surface area is 189 Å². The number of hydrogen-bond donors (Lipinski definition) is 2. The van der Waals surface area contributed by atoms with Crippen LogP contribution in [0, 0.1) is 6.92 Å². The van der Waals surface area contributed by atoms with Crippen LogP contribution in [0.25, 0.3) is 0 Å². The summed E-state index contributed by atoms with van der Waals surface area (Å²) >= 11 is 0. The second-order valence-electron chi connectivity index (χ2n) is 8.22. The van der Waals surface area contributed by atoms with E-state index in [9.17, 15) is 27.6 Å². The predicted molar refractivity (Wildman–Crippen MR) is 117 cm³/mol. The highest BCUT2D eigenvalue weighted by Crippen LogP contribution is 2.37. The van der Waals surface area contributed by atoms with Gasteiger partial charge >= 0.3 is 12.3 Å². The van der Waals surface area contributed by atoms with E-state index in [0.29, 0.717) is 11.8 Å². The van der Waals surface area contributed by atoms with Gasteiger partial charge in [0.05, 0.1) is 30.5 Å². The molecule has 10 heteroatoms. The maximum absolute atomic E-state index is 13.4. The van der Waals surface area contributed by atoms with E-state index in [0.717, 1.165) is 6.07 Å². The van der Waals surface area contributed by atoms with Crippen LogP contribution in [0.4, 0.5) is 29.3 Å². The Morgan fingerprint density at radius 1 is 0.970 bits per heavy atom. The number of halogens is 3. The molecule has 2 aromatic rings. The van der Waals surface area contributed by atoms with Gasteiger partial charge in [-0.2, -0.15) is 13.2 Å². The first-order valence-corrected chi connectivity index (χ1v) is 9.88. The van der Waals surface area contributed by atoms with E-state index < -0.39 is 41.5 Å². The van der Waals surface area contributed by atoms with Gasteiger partial charge < -0.3 is 14.8 Å². The van der Waals surface area contributed by atoms with E-state index in [1.165, 1.54) is 26.2 Å². The van der Waals surface area contributed by atoms with Gasteiger partial charge in [-0.05, 0) is 57.5 Å². The van der Waals surface area contributed by atoms with Crippen molar-refractivity contribution < 1.29 is 37.0 Å². The van der Waals surface area contributed by atoms with Crippen molar-refractivity contribution >= 4 is 29.2 Å². The van der Waals surface area contributed by atoms with E-state index in [2.05, 4.69) is 10.6 Å². The third-order valence-corrected chi connectivity index (χ3v) is 4.29. The molecule has 0 radical (unpaired) electrons. The lowest BCUT2D eigenvalue weighted by Gasteiger charge is -2.21. The van der Waals surface area contributed by atoms with E-state index in [1.807, 2.05) is 0 Å². The summed E-state index contributed by atoms with van der Waals surface area (Å²) in [4.78, 5) is 37.1. The fourth-order valence-corrected chi connectivity index (χ4v) is 2.87. The van der Waals surface area contributed by atoms with E-state index in [-0.39, 0.29) is 22.5 Å². The minimum absolute atomic E-state index is 0.100. The van der Waals surface area contributed by atoms with Crippen molar-refractivity contribution in [3.8, 4) is 5.75 Å². The molecule has 0 unspecified atom stereocenters. The van der Waals surface area contributed by atoms with E-state index in [1.54, 1.807) is 32.9 Å². The minimum Gasteiger partial charge on any atom is -0.497 e. The fourth-order valence-electron chi connectivity index (χ4n) is 2.87. The van der Waals surface area contributed by atoms with Gasteiger partial charge in [-0.25, -0.2) is 4.79 Å². The molecule has 33 heavy (non-hydrogen) atoms. The molecule has 0 fully saturated rings. The second kappa shape index (κ2) is 9.93. The maximum atomic E-state index is 13.4. The van der Waals surface area contributed by atoms with Crippen molar-refractivity contribution in [1.82, 2.24) is 0 Å². The van der Waals surface area contributed by atoms with Crippen LogP contribution in [0.2, 0.25) is 0 Å². The van der Waals surface area contributed by atoms with E-state index >= 15 is 0 Å². The topological polar surface area (TPSA) is 93.7 Å². The average molecular weight is 466 g/mol. The van der Waals surface area contributed by atoms with Gasteiger partial charge in [-0.3, -0.25) is 14.9 Å². The smallest absolute Gasteiger partial charge is 0.416 e. The molecule has 0 saturated heterocycles. The molecule has 2 N–H and O–H groups in total. The first kappa shape index (κ1) is 25.7. The number of Topliss-reactive ketones (excluding diaryl/α,β-unsaturated/α-hetero) is 1. The summed E-state index contributed by atoms with van der Waals surface area (Å²) in [5.74, 6) is -0.998. The van der Waals surface area contributed by atoms with Gasteiger partial charge in [-0.15, -0.1) is 0 Å². The largest absolute Gasteiger partial charge is 0.497 e. The van der Waals surface area contributed by atoms with Gasteiger partial charge in [0.2, 0.25) is 5.91 Å². The molecule has 0 aliphatic carbocycles. The van der Waals surface area contributed by atoms with Gasteiger partial charge in [0.25, 0.3) is 0 Å².